The van der Waals surface area contributed by atoms with Crippen LogP contribution in [0.25, 0.3) is 0 Å². The van der Waals surface area contributed by atoms with Gasteiger partial charge in [-0.1, -0.05) is 6.92 Å². The van der Waals surface area contributed by atoms with Gasteiger partial charge >= 0.3 is 0 Å². The molecule has 0 spiro atoms. The van der Waals surface area contributed by atoms with Crippen LogP contribution in [0.2, 0.25) is 0 Å². The molecule has 0 aliphatic carbocycles. The summed E-state index contributed by atoms with van der Waals surface area (Å²) in [6.07, 6.45) is 1.78. The maximum Gasteiger partial charge on any atom is 0.222 e. The van der Waals surface area contributed by atoms with Crippen LogP contribution < -0.4 is 0 Å². The molecule has 0 unspecified atom stereocenters. The molecule has 3 nitrogen and oxygen atoms in total. The highest BCUT2D eigenvalue weighted by atomic mass is 16.2. The first kappa shape index (κ1) is 10.2. The highest BCUT2D eigenvalue weighted by molar-refractivity contribution is 5.79. The lowest BCUT2D eigenvalue weighted by atomic mass is 10.0. The van der Waals surface area contributed by atoms with Gasteiger partial charge in [-0.15, -0.1) is 0 Å². The highest BCUT2D eigenvalue weighted by Gasteiger charge is 2.26. The Hall–Kier alpha value is -0.860. The fourth-order valence-corrected chi connectivity index (χ4v) is 1.55. The second kappa shape index (κ2) is 4.40. The van der Waals surface area contributed by atoms with Crippen LogP contribution in [0, 0.1) is 5.92 Å². The second-order valence-electron chi connectivity index (χ2n) is 3.96. The number of carbonyl (C=O) groups excluding carboxylic acids is 2. The summed E-state index contributed by atoms with van der Waals surface area (Å²) in [7, 11) is 0. The van der Waals surface area contributed by atoms with Crippen LogP contribution in [0.1, 0.15) is 33.1 Å². The first-order valence-corrected chi connectivity index (χ1v) is 4.87. The Bertz CT molecular complexity index is 207. The van der Waals surface area contributed by atoms with E-state index < -0.39 is 0 Å². The van der Waals surface area contributed by atoms with Crippen molar-refractivity contribution in [1.29, 1.82) is 0 Å². The van der Waals surface area contributed by atoms with Crippen molar-refractivity contribution in [3.05, 3.63) is 0 Å². The fraction of sp³-hybridized carbons (Fsp3) is 0.800. The minimum atomic E-state index is 0.171. The van der Waals surface area contributed by atoms with Crippen LogP contribution >= 0.6 is 0 Å². The minimum Gasteiger partial charge on any atom is -0.342 e. The fourth-order valence-electron chi connectivity index (χ4n) is 1.55. The number of hydrogen-bond acceptors (Lipinski definition) is 2. The van der Waals surface area contributed by atoms with Crippen LogP contribution in [0.15, 0.2) is 0 Å². The predicted molar refractivity (Wildman–Crippen MR) is 50.3 cm³/mol. The zero-order chi connectivity index (χ0) is 9.84. The maximum atomic E-state index is 11.4. The Balaban J connectivity index is 2.08. The van der Waals surface area contributed by atoms with Gasteiger partial charge in [-0.25, -0.2) is 0 Å². The highest BCUT2D eigenvalue weighted by Crippen LogP contribution is 2.16. The average Bonchev–Trinajstić information content (AvgIpc) is 1.97. The van der Waals surface area contributed by atoms with E-state index in [0.29, 0.717) is 25.2 Å². The molecule has 0 aromatic rings. The summed E-state index contributed by atoms with van der Waals surface area (Å²) in [6.45, 7) is 5.51. The summed E-state index contributed by atoms with van der Waals surface area (Å²) in [4.78, 5) is 23.8. The van der Waals surface area contributed by atoms with Gasteiger partial charge in [0.2, 0.25) is 5.91 Å². The summed E-state index contributed by atoms with van der Waals surface area (Å²) < 4.78 is 0. The molecule has 0 N–H and O–H groups in total. The van der Waals surface area contributed by atoms with Crippen molar-refractivity contribution in [2.24, 2.45) is 5.92 Å². The Morgan fingerprint density at radius 1 is 1.31 bits per heavy atom. The Morgan fingerprint density at radius 3 is 2.38 bits per heavy atom. The summed E-state index contributed by atoms with van der Waals surface area (Å²) in [6, 6.07) is 0. The Labute approximate surface area is 79.1 Å². The molecule has 3 heteroatoms. The Morgan fingerprint density at radius 2 is 1.92 bits per heavy atom. The van der Waals surface area contributed by atoms with Crippen molar-refractivity contribution in [1.82, 2.24) is 4.90 Å². The third-order valence-electron chi connectivity index (χ3n) is 2.34. The lowest BCUT2D eigenvalue weighted by Crippen LogP contribution is -2.48. The summed E-state index contributed by atoms with van der Waals surface area (Å²) in [5.41, 5.74) is 0. The lowest BCUT2D eigenvalue weighted by Gasteiger charge is -2.37. The number of carbonyl (C=O) groups is 2. The van der Waals surface area contributed by atoms with Crippen molar-refractivity contribution in [2.45, 2.75) is 33.1 Å². The van der Waals surface area contributed by atoms with Gasteiger partial charge in [-0.05, 0) is 19.3 Å². The standard InChI is InChI=1S/C10H17NO2/c1-8-6-11(7-8)10(13)5-3-4-9(2)12/h8H,3-7H2,1-2H3. The van der Waals surface area contributed by atoms with Gasteiger partial charge in [-0.3, -0.25) is 4.79 Å². The third-order valence-corrected chi connectivity index (χ3v) is 2.34. The van der Waals surface area contributed by atoms with Crippen molar-refractivity contribution in [2.75, 3.05) is 13.1 Å². The molecule has 1 heterocycles. The average molecular weight is 183 g/mol. The topological polar surface area (TPSA) is 37.4 Å². The first-order valence-electron chi connectivity index (χ1n) is 4.87. The minimum absolute atomic E-state index is 0.171. The van der Waals surface area contributed by atoms with Gasteiger partial charge in [0.1, 0.15) is 5.78 Å². The second-order valence-corrected chi connectivity index (χ2v) is 3.96. The molecule has 0 atom stereocenters. The van der Waals surface area contributed by atoms with Crippen LogP contribution in [-0.4, -0.2) is 29.7 Å². The quantitative estimate of drug-likeness (QED) is 0.657. The number of nitrogens with zero attached hydrogens (tertiary/aromatic N) is 1. The van der Waals surface area contributed by atoms with Gasteiger partial charge in [0.15, 0.2) is 0 Å². The van der Waals surface area contributed by atoms with Crippen LogP contribution in [0.4, 0.5) is 0 Å². The maximum absolute atomic E-state index is 11.4. The molecule has 1 fully saturated rings. The molecule has 0 saturated carbocycles. The molecule has 0 aromatic heterocycles. The van der Waals surface area contributed by atoms with Crippen molar-refractivity contribution in [3.8, 4) is 0 Å². The van der Waals surface area contributed by atoms with E-state index in [9.17, 15) is 9.59 Å². The summed E-state index contributed by atoms with van der Waals surface area (Å²) in [5.74, 6) is 1.04. The number of amides is 1. The number of Topliss-reactive ketones (excluding diaryl/α,β-unsaturated/α-hetero) is 1. The zero-order valence-corrected chi connectivity index (χ0v) is 8.38. The molecule has 1 amide bonds. The van der Waals surface area contributed by atoms with E-state index in [4.69, 9.17) is 0 Å². The van der Waals surface area contributed by atoms with Crippen molar-refractivity contribution in [3.63, 3.8) is 0 Å². The van der Waals surface area contributed by atoms with E-state index in [1.165, 1.54) is 0 Å². The van der Waals surface area contributed by atoms with E-state index in [1.807, 2.05) is 4.90 Å². The first-order chi connectivity index (χ1) is 6.09. The van der Waals surface area contributed by atoms with Gasteiger partial charge in [0, 0.05) is 25.9 Å². The van der Waals surface area contributed by atoms with E-state index in [1.54, 1.807) is 6.92 Å². The molecule has 13 heavy (non-hydrogen) atoms. The summed E-state index contributed by atoms with van der Waals surface area (Å²) >= 11 is 0. The molecule has 0 aromatic carbocycles. The normalized spacial score (nSPS) is 16.9. The van der Waals surface area contributed by atoms with Gasteiger partial charge in [0.05, 0.1) is 0 Å². The van der Waals surface area contributed by atoms with Crippen molar-refractivity contribution >= 4 is 11.7 Å². The molecule has 0 bridgehead atoms. The molecule has 74 valence electrons. The van der Waals surface area contributed by atoms with E-state index in [-0.39, 0.29) is 11.7 Å². The van der Waals surface area contributed by atoms with Gasteiger partial charge < -0.3 is 9.69 Å². The van der Waals surface area contributed by atoms with Gasteiger partial charge in [-0.2, -0.15) is 0 Å². The number of likely N-dealkylation sites (tertiary alicyclic amines) is 1. The SMILES string of the molecule is CC(=O)CCCC(=O)N1CC(C)C1. The molecule has 1 rings (SSSR count). The van der Waals surface area contributed by atoms with Crippen LogP contribution in [0.5, 0.6) is 0 Å². The molecule has 1 aliphatic heterocycles. The number of ketones is 1. The van der Waals surface area contributed by atoms with Crippen LogP contribution in [-0.2, 0) is 9.59 Å². The van der Waals surface area contributed by atoms with E-state index >= 15 is 0 Å². The number of hydrogen-bond donors (Lipinski definition) is 0. The molecular weight excluding hydrogens is 166 g/mol. The van der Waals surface area contributed by atoms with Gasteiger partial charge in [0.25, 0.3) is 0 Å². The smallest absolute Gasteiger partial charge is 0.222 e. The van der Waals surface area contributed by atoms with Crippen LogP contribution in [0.3, 0.4) is 0 Å². The number of rotatable bonds is 4. The predicted octanol–water partition coefficient (Wildman–Crippen LogP) is 1.22. The van der Waals surface area contributed by atoms with E-state index in [2.05, 4.69) is 6.92 Å². The molecule has 1 saturated heterocycles. The van der Waals surface area contributed by atoms with E-state index in [0.717, 1.165) is 13.1 Å². The summed E-state index contributed by atoms with van der Waals surface area (Å²) in [5, 5.41) is 0. The molecular formula is C10H17NO2. The monoisotopic (exact) mass is 183 g/mol. The Kier molecular flexibility index (Phi) is 3.46. The molecule has 1 aliphatic rings. The zero-order valence-electron chi connectivity index (χ0n) is 8.38. The largest absolute Gasteiger partial charge is 0.342 e. The molecule has 0 radical (unpaired) electrons. The van der Waals surface area contributed by atoms with Crippen molar-refractivity contribution < 1.29 is 9.59 Å². The lowest BCUT2D eigenvalue weighted by molar-refractivity contribution is -0.137. The third kappa shape index (κ3) is 3.17.